The first kappa shape index (κ1) is 16.6. The van der Waals surface area contributed by atoms with Crippen molar-refractivity contribution in [3.63, 3.8) is 0 Å². The van der Waals surface area contributed by atoms with E-state index in [2.05, 4.69) is 22.3 Å². The predicted octanol–water partition coefficient (Wildman–Crippen LogP) is 3.24. The largest absolute Gasteiger partial charge is 0.445 e. The molecule has 0 saturated heterocycles. The van der Waals surface area contributed by atoms with E-state index in [1.165, 1.54) is 0 Å². The third-order valence-electron chi connectivity index (χ3n) is 3.71. The van der Waals surface area contributed by atoms with Gasteiger partial charge in [0.1, 0.15) is 6.61 Å². The van der Waals surface area contributed by atoms with E-state index in [9.17, 15) is 4.79 Å². The molecule has 3 rings (SSSR count). The van der Waals surface area contributed by atoms with Crippen molar-refractivity contribution in [2.45, 2.75) is 13.0 Å². The Labute approximate surface area is 146 Å². The smallest absolute Gasteiger partial charge is 0.407 e. The lowest BCUT2D eigenvalue weighted by Crippen LogP contribution is -2.24. The van der Waals surface area contributed by atoms with E-state index in [0.717, 1.165) is 22.0 Å². The van der Waals surface area contributed by atoms with Crippen LogP contribution in [0.2, 0.25) is 0 Å². The van der Waals surface area contributed by atoms with Crippen LogP contribution < -0.4 is 5.32 Å². The molecule has 1 aromatic heterocycles. The maximum absolute atomic E-state index is 11.6. The number of carbonyl (C=O) groups is 1. The van der Waals surface area contributed by atoms with Crippen LogP contribution in [0.5, 0.6) is 0 Å². The maximum atomic E-state index is 11.6. The van der Waals surface area contributed by atoms with Gasteiger partial charge in [0.25, 0.3) is 0 Å². The quantitative estimate of drug-likeness (QED) is 0.589. The molecular weight excluding hydrogens is 314 g/mol. The van der Waals surface area contributed by atoms with E-state index >= 15 is 0 Å². The molecule has 3 aromatic rings. The monoisotopic (exact) mass is 333 g/mol. The zero-order chi connectivity index (χ0) is 17.5. The summed E-state index contributed by atoms with van der Waals surface area (Å²) < 4.78 is 6.96. The van der Waals surface area contributed by atoms with Crippen molar-refractivity contribution >= 4 is 17.0 Å². The first-order valence-electron chi connectivity index (χ1n) is 8.07. The van der Waals surface area contributed by atoms with Gasteiger partial charge in [0.15, 0.2) is 0 Å². The highest BCUT2D eigenvalue weighted by molar-refractivity contribution is 5.80. The number of amides is 1. The number of nitrogens with zero attached hydrogens (tertiary/aromatic N) is 2. The molecule has 0 bridgehead atoms. The number of carbonyl (C=O) groups excluding carboxylic acids is 1. The van der Waals surface area contributed by atoms with Crippen LogP contribution >= 0.6 is 0 Å². The first-order valence-corrected chi connectivity index (χ1v) is 8.07. The molecule has 1 heterocycles. The minimum Gasteiger partial charge on any atom is -0.445 e. The van der Waals surface area contributed by atoms with Crippen LogP contribution in [0.3, 0.4) is 0 Å². The number of alkyl carbamates (subject to hydrolysis) is 1. The lowest BCUT2D eigenvalue weighted by molar-refractivity contribution is 0.140. The molecule has 126 valence electrons. The topological polar surface area (TPSA) is 56.2 Å². The molecule has 5 nitrogen and oxygen atoms in total. The van der Waals surface area contributed by atoms with Crippen molar-refractivity contribution < 1.29 is 9.53 Å². The zero-order valence-corrected chi connectivity index (χ0v) is 14.0. The summed E-state index contributed by atoms with van der Waals surface area (Å²) in [4.78, 5) is 11.6. The van der Waals surface area contributed by atoms with Crippen LogP contribution in [-0.4, -0.2) is 22.4 Å². The third kappa shape index (κ3) is 4.61. The number of ether oxygens (including phenoxy) is 1. The van der Waals surface area contributed by atoms with Gasteiger partial charge < -0.3 is 10.1 Å². The first-order chi connectivity index (χ1) is 12.2. The molecule has 0 spiro atoms. The van der Waals surface area contributed by atoms with E-state index in [1.54, 1.807) is 0 Å². The van der Waals surface area contributed by atoms with Crippen LogP contribution in [0.25, 0.3) is 10.9 Å². The van der Waals surface area contributed by atoms with Crippen molar-refractivity contribution in [2.24, 2.45) is 7.05 Å². The Morgan fingerprint density at radius 3 is 2.92 bits per heavy atom. The Bertz CT molecular complexity index is 920. The second kappa shape index (κ2) is 8.02. The molecular formula is C20H19N3O2. The zero-order valence-electron chi connectivity index (χ0n) is 14.0. The molecule has 0 radical (unpaired) electrons. The molecule has 25 heavy (non-hydrogen) atoms. The van der Waals surface area contributed by atoms with Gasteiger partial charge in [-0.1, -0.05) is 42.2 Å². The molecule has 0 aliphatic carbocycles. The number of benzene rings is 2. The Kier molecular flexibility index (Phi) is 5.32. The maximum Gasteiger partial charge on any atom is 0.407 e. The Balaban J connectivity index is 1.42. The molecule has 1 N–H and O–H groups in total. The van der Waals surface area contributed by atoms with E-state index < -0.39 is 6.09 Å². The summed E-state index contributed by atoms with van der Waals surface area (Å²) in [6.45, 7) is 0.720. The summed E-state index contributed by atoms with van der Waals surface area (Å²) in [6, 6.07) is 15.6. The molecule has 0 saturated carbocycles. The molecule has 0 atom stereocenters. The molecule has 0 aliphatic rings. The average Bonchev–Trinajstić information content (AvgIpc) is 3.01. The standard InChI is InChI=1S/C20H19N3O2/c1-23-19-13-16(10-11-18(19)14-22-23)7-5-6-12-21-20(24)25-15-17-8-3-2-4-9-17/h2-4,8-11,13-14H,6,12,15H2,1H3,(H,21,24). The molecule has 0 unspecified atom stereocenters. The van der Waals surface area contributed by atoms with Crippen molar-refractivity contribution in [1.29, 1.82) is 0 Å². The van der Waals surface area contributed by atoms with Crippen LogP contribution in [0, 0.1) is 11.8 Å². The Morgan fingerprint density at radius 1 is 1.24 bits per heavy atom. The highest BCUT2D eigenvalue weighted by Crippen LogP contribution is 2.14. The predicted molar refractivity (Wildman–Crippen MR) is 96.8 cm³/mol. The molecule has 2 aromatic carbocycles. The van der Waals surface area contributed by atoms with Gasteiger partial charge in [0, 0.05) is 31.0 Å². The number of hydrogen-bond donors (Lipinski definition) is 1. The molecule has 5 heteroatoms. The van der Waals surface area contributed by atoms with Crippen molar-refractivity contribution in [3.8, 4) is 11.8 Å². The minimum absolute atomic E-state index is 0.267. The van der Waals surface area contributed by atoms with Crippen LogP contribution in [0.4, 0.5) is 4.79 Å². The normalized spacial score (nSPS) is 10.1. The summed E-state index contributed by atoms with van der Waals surface area (Å²) >= 11 is 0. The van der Waals surface area contributed by atoms with Gasteiger partial charge in [-0.3, -0.25) is 4.68 Å². The van der Waals surface area contributed by atoms with Crippen LogP contribution in [-0.2, 0) is 18.4 Å². The highest BCUT2D eigenvalue weighted by Gasteiger charge is 2.01. The number of aromatic nitrogens is 2. The van der Waals surface area contributed by atoms with Crippen molar-refractivity contribution in [2.75, 3.05) is 6.54 Å². The fourth-order valence-corrected chi connectivity index (χ4v) is 2.39. The number of fused-ring (bicyclic) bond motifs is 1. The minimum atomic E-state index is -0.429. The van der Waals surface area contributed by atoms with Crippen molar-refractivity contribution in [3.05, 3.63) is 65.9 Å². The van der Waals surface area contributed by atoms with Crippen LogP contribution in [0.1, 0.15) is 17.5 Å². The lowest BCUT2D eigenvalue weighted by atomic mass is 10.1. The Morgan fingerprint density at radius 2 is 2.08 bits per heavy atom. The van der Waals surface area contributed by atoms with Gasteiger partial charge in [0.05, 0.1) is 11.7 Å². The van der Waals surface area contributed by atoms with Gasteiger partial charge in [-0.05, 0) is 23.8 Å². The average molecular weight is 333 g/mol. The molecule has 0 aliphatic heterocycles. The van der Waals surface area contributed by atoms with E-state index in [1.807, 2.05) is 66.5 Å². The fraction of sp³-hybridized carbons (Fsp3) is 0.200. The van der Waals surface area contributed by atoms with E-state index in [-0.39, 0.29) is 6.61 Å². The van der Waals surface area contributed by atoms with Gasteiger partial charge in [0.2, 0.25) is 0 Å². The SMILES string of the molecule is Cn1ncc2ccc(C#CCCNC(=O)OCc3ccccc3)cc21. The van der Waals surface area contributed by atoms with Gasteiger partial charge in [-0.15, -0.1) is 0 Å². The summed E-state index contributed by atoms with van der Waals surface area (Å²) in [5.74, 6) is 6.16. The second-order valence-electron chi connectivity index (χ2n) is 5.58. The van der Waals surface area contributed by atoms with Crippen LogP contribution in [0.15, 0.2) is 54.7 Å². The number of nitrogens with one attached hydrogen (secondary N) is 1. The Hall–Kier alpha value is -3.26. The van der Waals surface area contributed by atoms with Crippen molar-refractivity contribution in [1.82, 2.24) is 15.1 Å². The van der Waals surface area contributed by atoms with E-state index in [0.29, 0.717) is 13.0 Å². The highest BCUT2D eigenvalue weighted by atomic mass is 16.5. The second-order valence-corrected chi connectivity index (χ2v) is 5.58. The lowest BCUT2D eigenvalue weighted by Gasteiger charge is -2.05. The van der Waals surface area contributed by atoms with Gasteiger partial charge >= 0.3 is 6.09 Å². The van der Waals surface area contributed by atoms with Gasteiger partial charge in [-0.2, -0.15) is 5.10 Å². The summed E-state index contributed by atoms with van der Waals surface area (Å²) in [5.41, 5.74) is 2.94. The summed E-state index contributed by atoms with van der Waals surface area (Å²) in [6.07, 6.45) is 1.96. The molecule has 1 amide bonds. The number of hydrogen-bond acceptors (Lipinski definition) is 3. The number of rotatable bonds is 4. The fourth-order valence-electron chi connectivity index (χ4n) is 2.39. The van der Waals surface area contributed by atoms with E-state index in [4.69, 9.17) is 4.74 Å². The van der Waals surface area contributed by atoms with Gasteiger partial charge in [-0.25, -0.2) is 4.79 Å². The molecule has 0 fully saturated rings. The third-order valence-corrected chi connectivity index (χ3v) is 3.71. The summed E-state index contributed by atoms with van der Waals surface area (Å²) in [7, 11) is 1.91. The summed E-state index contributed by atoms with van der Waals surface area (Å²) in [5, 5.41) is 8.00. The number of aryl methyl sites for hydroxylation is 1.